The van der Waals surface area contributed by atoms with E-state index in [0.29, 0.717) is 16.8 Å². The van der Waals surface area contributed by atoms with Gasteiger partial charge in [-0.05, 0) is 18.2 Å². The third-order valence-corrected chi connectivity index (χ3v) is 1.83. The Hall–Kier alpha value is -1.64. The van der Waals surface area contributed by atoms with Crippen molar-refractivity contribution in [2.75, 3.05) is 5.32 Å². The lowest BCUT2D eigenvalue weighted by Gasteiger charge is -1.95. The Morgan fingerprint density at radius 3 is 2.64 bits per heavy atom. The minimum absolute atomic E-state index is 0.254. The SMILES string of the molecule is C=C1C(=O)Nc2ccc(F)cc21.CC. The molecule has 1 heterocycles. The first-order valence-electron chi connectivity index (χ1n) is 4.48. The summed E-state index contributed by atoms with van der Waals surface area (Å²) in [5.41, 5.74) is 1.51. The second-order valence-corrected chi connectivity index (χ2v) is 2.62. The van der Waals surface area contributed by atoms with Gasteiger partial charge in [0.25, 0.3) is 5.91 Å². The number of fused-ring (bicyclic) bond motifs is 1. The zero-order valence-electron chi connectivity index (χ0n) is 8.23. The van der Waals surface area contributed by atoms with Crippen molar-refractivity contribution < 1.29 is 9.18 Å². The third-order valence-electron chi connectivity index (χ3n) is 1.83. The first kappa shape index (κ1) is 10.4. The quantitative estimate of drug-likeness (QED) is 0.631. The van der Waals surface area contributed by atoms with E-state index in [0.717, 1.165) is 0 Å². The smallest absolute Gasteiger partial charge is 0.255 e. The van der Waals surface area contributed by atoms with Crippen LogP contribution >= 0.6 is 0 Å². The zero-order chi connectivity index (χ0) is 10.7. The van der Waals surface area contributed by atoms with E-state index < -0.39 is 0 Å². The number of benzene rings is 1. The molecule has 1 aliphatic heterocycles. The average molecular weight is 193 g/mol. The van der Waals surface area contributed by atoms with Gasteiger partial charge in [-0.1, -0.05) is 20.4 Å². The molecule has 0 saturated heterocycles. The maximum Gasteiger partial charge on any atom is 0.255 e. The van der Waals surface area contributed by atoms with Crippen LogP contribution in [0.5, 0.6) is 0 Å². The molecule has 1 N–H and O–H groups in total. The molecule has 0 atom stereocenters. The molecule has 1 aromatic rings. The predicted molar refractivity (Wildman–Crippen MR) is 55.4 cm³/mol. The van der Waals surface area contributed by atoms with Gasteiger partial charge in [0.2, 0.25) is 0 Å². The molecule has 14 heavy (non-hydrogen) atoms. The summed E-state index contributed by atoms with van der Waals surface area (Å²) in [6, 6.07) is 4.13. The number of amides is 1. The minimum atomic E-state index is -0.355. The highest BCUT2D eigenvalue weighted by Crippen LogP contribution is 2.30. The lowest BCUT2D eigenvalue weighted by molar-refractivity contribution is -0.110. The Balaban J connectivity index is 0.000000461. The highest BCUT2D eigenvalue weighted by molar-refractivity contribution is 6.30. The Morgan fingerprint density at radius 2 is 2.00 bits per heavy atom. The van der Waals surface area contributed by atoms with Gasteiger partial charge < -0.3 is 5.32 Å². The maximum atomic E-state index is 12.7. The van der Waals surface area contributed by atoms with Crippen molar-refractivity contribution in [3.8, 4) is 0 Å². The van der Waals surface area contributed by atoms with Crippen molar-refractivity contribution >= 4 is 17.2 Å². The number of carbonyl (C=O) groups is 1. The number of carbonyl (C=O) groups excluding carboxylic acids is 1. The van der Waals surface area contributed by atoms with Gasteiger partial charge in [-0.15, -0.1) is 0 Å². The summed E-state index contributed by atoms with van der Waals surface area (Å²) in [4.78, 5) is 11.0. The van der Waals surface area contributed by atoms with Gasteiger partial charge in [-0.3, -0.25) is 4.79 Å². The molecule has 0 bridgehead atoms. The Morgan fingerprint density at radius 1 is 1.36 bits per heavy atom. The van der Waals surface area contributed by atoms with E-state index in [1.165, 1.54) is 18.2 Å². The summed E-state index contributed by atoms with van der Waals surface area (Å²) >= 11 is 0. The second kappa shape index (κ2) is 4.05. The molecule has 0 spiro atoms. The summed E-state index contributed by atoms with van der Waals surface area (Å²) in [6.45, 7) is 7.54. The van der Waals surface area contributed by atoms with Crippen LogP contribution in [0.25, 0.3) is 5.57 Å². The second-order valence-electron chi connectivity index (χ2n) is 2.62. The molecule has 1 aliphatic rings. The van der Waals surface area contributed by atoms with Crippen molar-refractivity contribution in [2.45, 2.75) is 13.8 Å². The topological polar surface area (TPSA) is 29.1 Å². The van der Waals surface area contributed by atoms with Crippen LogP contribution < -0.4 is 5.32 Å². The van der Waals surface area contributed by atoms with Crippen LogP contribution in [-0.2, 0) is 4.79 Å². The summed E-state index contributed by atoms with van der Waals surface area (Å²) < 4.78 is 12.7. The fraction of sp³-hybridized carbons (Fsp3) is 0.182. The lowest BCUT2D eigenvalue weighted by atomic mass is 10.1. The molecular weight excluding hydrogens is 181 g/mol. The number of anilines is 1. The van der Waals surface area contributed by atoms with Gasteiger partial charge >= 0.3 is 0 Å². The Bertz CT molecular complexity index is 385. The number of hydrogen-bond donors (Lipinski definition) is 1. The fourth-order valence-corrected chi connectivity index (χ4v) is 1.20. The largest absolute Gasteiger partial charge is 0.321 e. The van der Waals surface area contributed by atoms with E-state index in [9.17, 15) is 9.18 Å². The molecule has 2 nitrogen and oxygen atoms in total. The van der Waals surface area contributed by atoms with Gasteiger partial charge in [-0.25, -0.2) is 4.39 Å². The van der Waals surface area contributed by atoms with E-state index in [4.69, 9.17) is 0 Å². The molecule has 3 heteroatoms. The molecule has 1 amide bonds. The zero-order valence-corrected chi connectivity index (χ0v) is 8.23. The van der Waals surface area contributed by atoms with E-state index in [-0.39, 0.29) is 11.7 Å². The van der Waals surface area contributed by atoms with Crippen molar-refractivity contribution in [1.82, 2.24) is 0 Å². The standard InChI is InChI=1S/C9H6FNO.C2H6/c1-5-7-4-6(10)2-3-8(7)11-9(5)12;1-2/h2-4H,1H2,(H,11,12);1-2H3. The summed E-state index contributed by atoms with van der Waals surface area (Å²) in [6.07, 6.45) is 0. The first-order valence-corrected chi connectivity index (χ1v) is 4.48. The van der Waals surface area contributed by atoms with Gasteiger partial charge in [0.1, 0.15) is 5.82 Å². The predicted octanol–water partition coefficient (Wildman–Crippen LogP) is 2.82. The molecule has 0 unspecified atom stereocenters. The molecular formula is C11H12FNO. The van der Waals surface area contributed by atoms with Crippen LogP contribution in [0.15, 0.2) is 24.8 Å². The molecule has 1 aromatic carbocycles. The first-order chi connectivity index (χ1) is 6.68. The molecule has 0 aliphatic carbocycles. The third kappa shape index (κ3) is 1.66. The minimum Gasteiger partial charge on any atom is -0.321 e. The summed E-state index contributed by atoms with van der Waals surface area (Å²) in [7, 11) is 0. The van der Waals surface area contributed by atoms with Crippen LogP contribution in [0.1, 0.15) is 19.4 Å². The molecule has 2 rings (SSSR count). The van der Waals surface area contributed by atoms with Crippen LogP contribution in [-0.4, -0.2) is 5.91 Å². The number of nitrogens with one attached hydrogen (secondary N) is 1. The van der Waals surface area contributed by atoms with Crippen LogP contribution in [0, 0.1) is 5.82 Å². The highest BCUT2D eigenvalue weighted by Gasteiger charge is 2.21. The van der Waals surface area contributed by atoms with Crippen molar-refractivity contribution in [3.05, 3.63) is 36.2 Å². The van der Waals surface area contributed by atoms with Gasteiger partial charge in [0, 0.05) is 16.8 Å². The fourth-order valence-electron chi connectivity index (χ4n) is 1.20. The highest BCUT2D eigenvalue weighted by atomic mass is 19.1. The average Bonchev–Trinajstić information content (AvgIpc) is 2.48. The normalized spacial score (nSPS) is 12.8. The number of rotatable bonds is 0. The number of halogens is 1. The monoisotopic (exact) mass is 193 g/mol. The Labute approximate surface area is 82.4 Å². The van der Waals surface area contributed by atoms with Crippen LogP contribution in [0.3, 0.4) is 0 Å². The lowest BCUT2D eigenvalue weighted by Crippen LogP contribution is -2.02. The van der Waals surface area contributed by atoms with Gasteiger partial charge in [-0.2, -0.15) is 0 Å². The molecule has 74 valence electrons. The molecule has 0 aromatic heterocycles. The summed E-state index contributed by atoms with van der Waals surface area (Å²) in [5.74, 6) is -0.609. The van der Waals surface area contributed by atoms with E-state index >= 15 is 0 Å². The van der Waals surface area contributed by atoms with Crippen molar-refractivity contribution in [1.29, 1.82) is 0 Å². The molecule has 0 fully saturated rings. The van der Waals surface area contributed by atoms with Crippen molar-refractivity contribution in [3.63, 3.8) is 0 Å². The molecule has 0 saturated carbocycles. The van der Waals surface area contributed by atoms with Gasteiger partial charge in [0.05, 0.1) is 0 Å². The molecule has 0 radical (unpaired) electrons. The maximum absolute atomic E-state index is 12.7. The van der Waals surface area contributed by atoms with Crippen LogP contribution in [0.2, 0.25) is 0 Å². The van der Waals surface area contributed by atoms with Gasteiger partial charge in [0.15, 0.2) is 0 Å². The number of hydrogen-bond acceptors (Lipinski definition) is 1. The van der Waals surface area contributed by atoms with Crippen molar-refractivity contribution in [2.24, 2.45) is 0 Å². The Kier molecular flexibility index (Phi) is 3.02. The van der Waals surface area contributed by atoms with E-state index in [2.05, 4.69) is 11.9 Å². The summed E-state index contributed by atoms with van der Waals surface area (Å²) in [5, 5.41) is 2.57. The van der Waals surface area contributed by atoms with Crippen LogP contribution in [0.4, 0.5) is 10.1 Å². The van der Waals surface area contributed by atoms with E-state index in [1.54, 1.807) is 0 Å². The van der Waals surface area contributed by atoms with E-state index in [1.807, 2.05) is 13.8 Å².